The molecule has 21 heavy (non-hydrogen) atoms. The van der Waals surface area contributed by atoms with E-state index in [9.17, 15) is 14.0 Å². The van der Waals surface area contributed by atoms with Crippen LogP contribution < -0.4 is 5.32 Å². The summed E-state index contributed by atoms with van der Waals surface area (Å²) in [5.41, 5.74) is 1.35. The van der Waals surface area contributed by atoms with Crippen molar-refractivity contribution in [2.24, 2.45) is 7.05 Å². The molecule has 1 aliphatic heterocycles. The van der Waals surface area contributed by atoms with Gasteiger partial charge in [-0.05, 0) is 17.7 Å². The molecular formula is C15H14FN3O2. The molecule has 0 spiro atoms. The van der Waals surface area contributed by atoms with Crippen LogP contribution in [-0.2, 0) is 16.6 Å². The zero-order chi connectivity index (χ0) is 15.0. The molecule has 1 N–H and O–H groups in total. The first-order valence-electron chi connectivity index (χ1n) is 6.61. The number of hydrogen-bond donors (Lipinski definition) is 1. The first kappa shape index (κ1) is 13.5. The Balaban J connectivity index is 2.07. The standard InChI is InChI=1S/C15H14FN3O2/c1-19-8-17-7-12(19)11-6-13(20)18-15(21)14(11)9-3-2-4-10(16)5-9/h2-5,7-8,11,14H,6H2,1H3,(H,18,20,21). The molecule has 2 amide bonds. The van der Waals surface area contributed by atoms with E-state index in [1.807, 2.05) is 7.05 Å². The Hall–Kier alpha value is -2.50. The lowest BCUT2D eigenvalue weighted by Crippen LogP contribution is -2.43. The number of nitrogens with zero attached hydrogens (tertiary/aromatic N) is 2. The van der Waals surface area contributed by atoms with Crippen LogP contribution in [0, 0.1) is 5.82 Å². The fraction of sp³-hybridized carbons (Fsp3) is 0.267. The molecule has 1 fully saturated rings. The molecule has 6 heteroatoms. The van der Waals surface area contributed by atoms with Crippen molar-refractivity contribution in [2.45, 2.75) is 18.3 Å². The van der Waals surface area contributed by atoms with Gasteiger partial charge in [-0.3, -0.25) is 14.9 Å². The van der Waals surface area contributed by atoms with E-state index in [1.165, 1.54) is 12.1 Å². The number of rotatable bonds is 2. The summed E-state index contributed by atoms with van der Waals surface area (Å²) in [5.74, 6) is -2.07. The smallest absolute Gasteiger partial charge is 0.234 e. The molecular weight excluding hydrogens is 273 g/mol. The van der Waals surface area contributed by atoms with Crippen LogP contribution in [0.25, 0.3) is 0 Å². The highest BCUT2D eigenvalue weighted by Crippen LogP contribution is 2.38. The van der Waals surface area contributed by atoms with Crippen LogP contribution in [0.2, 0.25) is 0 Å². The zero-order valence-electron chi connectivity index (χ0n) is 11.4. The Labute approximate surface area is 120 Å². The molecule has 5 nitrogen and oxygen atoms in total. The predicted molar refractivity (Wildman–Crippen MR) is 72.9 cm³/mol. The molecule has 0 aliphatic carbocycles. The number of nitrogens with one attached hydrogen (secondary N) is 1. The van der Waals surface area contributed by atoms with Gasteiger partial charge in [0.25, 0.3) is 0 Å². The quantitative estimate of drug-likeness (QED) is 0.851. The Morgan fingerprint density at radius 2 is 2.19 bits per heavy atom. The normalized spacial score (nSPS) is 22.2. The molecule has 1 aromatic carbocycles. The molecule has 3 rings (SSSR count). The summed E-state index contributed by atoms with van der Waals surface area (Å²) < 4.78 is 15.2. The lowest BCUT2D eigenvalue weighted by Gasteiger charge is -2.30. The number of amides is 2. The number of benzene rings is 1. The molecule has 108 valence electrons. The summed E-state index contributed by atoms with van der Waals surface area (Å²) in [7, 11) is 1.81. The monoisotopic (exact) mass is 287 g/mol. The van der Waals surface area contributed by atoms with Crippen LogP contribution in [0.5, 0.6) is 0 Å². The zero-order valence-corrected chi connectivity index (χ0v) is 11.4. The highest BCUT2D eigenvalue weighted by atomic mass is 19.1. The minimum Gasteiger partial charge on any atom is -0.337 e. The molecule has 0 bridgehead atoms. The van der Waals surface area contributed by atoms with Crippen molar-refractivity contribution in [3.05, 3.63) is 53.9 Å². The largest absolute Gasteiger partial charge is 0.337 e. The number of halogens is 1. The van der Waals surface area contributed by atoms with Gasteiger partial charge in [0.1, 0.15) is 5.82 Å². The van der Waals surface area contributed by atoms with Gasteiger partial charge >= 0.3 is 0 Å². The number of carbonyl (C=O) groups excluding carboxylic acids is 2. The van der Waals surface area contributed by atoms with Crippen LogP contribution in [0.4, 0.5) is 4.39 Å². The van der Waals surface area contributed by atoms with E-state index in [1.54, 1.807) is 29.2 Å². The van der Waals surface area contributed by atoms with Crippen molar-refractivity contribution >= 4 is 11.8 Å². The number of hydrogen-bond acceptors (Lipinski definition) is 3. The number of carbonyl (C=O) groups is 2. The summed E-state index contributed by atoms with van der Waals surface area (Å²) >= 11 is 0. The van der Waals surface area contributed by atoms with E-state index < -0.39 is 17.6 Å². The molecule has 2 heterocycles. The van der Waals surface area contributed by atoms with Crippen molar-refractivity contribution in [2.75, 3.05) is 0 Å². The summed E-state index contributed by atoms with van der Waals surface area (Å²) in [6, 6.07) is 5.93. The third-order valence-electron chi connectivity index (χ3n) is 3.79. The first-order chi connectivity index (χ1) is 10.1. The number of imide groups is 1. The highest BCUT2D eigenvalue weighted by Gasteiger charge is 2.39. The van der Waals surface area contributed by atoms with Gasteiger partial charge in [-0.25, -0.2) is 9.37 Å². The van der Waals surface area contributed by atoms with Crippen LogP contribution in [0.1, 0.15) is 29.5 Å². The Morgan fingerprint density at radius 3 is 2.86 bits per heavy atom. The van der Waals surface area contributed by atoms with Crippen molar-refractivity contribution in [1.29, 1.82) is 0 Å². The summed E-state index contributed by atoms with van der Waals surface area (Å²) in [6.07, 6.45) is 3.43. The van der Waals surface area contributed by atoms with E-state index in [-0.39, 0.29) is 18.2 Å². The Morgan fingerprint density at radius 1 is 1.38 bits per heavy atom. The highest BCUT2D eigenvalue weighted by molar-refractivity contribution is 6.02. The Kier molecular flexibility index (Phi) is 3.29. The number of aromatic nitrogens is 2. The summed E-state index contributed by atoms with van der Waals surface area (Å²) in [5, 5.41) is 2.33. The molecule has 2 unspecified atom stereocenters. The number of aryl methyl sites for hydroxylation is 1. The third-order valence-corrected chi connectivity index (χ3v) is 3.79. The third kappa shape index (κ3) is 2.44. The minimum atomic E-state index is -0.603. The lowest BCUT2D eigenvalue weighted by atomic mass is 9.78. The molecule has 1 aromatic heterocycles. The first-order valence-corrected chi connectivity index (χ1v) is 6.61. The topological polar surface area (TPSA) is 64.0 Å². The number of piperidine rings is 1. The fourth-order valence-corrected chi connectivity index (χ4v) is 2.85. The second kappa shape index (κ2) is 5.12. The summed E-state index contributed by atoms with van der Waals surface area (Å²) in [4.78, 5) is 28.0. The van der Waals surface area contributed by atoms with E-state index in [0.29, 0.717) is 5.56 Å². The fourth-order valence-electron chi connectivity index (χ4n) is 2.85. The van der Waals surface area contributed by atoms with Crippen molar-refractivity contribution in [3.63, 3.8) is 0 Å². The van der Waals surface area contributed by atoms with E-state index >= 15 is 0 Å². The van der Waals surface area contributed by atoms with Gasteiger partial charge in [0, 0.05) is 31.3 Å². The van der Waals surface area contributed by atoms with Gasteiger partial charge in [-0.15, -0.1) is 0 Å². The lowest BCUT2D eigenvalue weighted by molar-refractivity contribution is -0.135. The van der Waals surface area contributed by atoms with Gasteiger partial charge in [0.2, 0.25) is 11.8 Å². The van der Waals surface area contributed by atoms with Gasteiger partial charge in [-0.1, -0.05) is 12.1 Å². The van der Waals surface area contributed by atoms with Crippen LogP contribution in [0.3, 0.4) is 0 Å². The molecule has 2 aromatic rings. The van der Waals surface area contributed by atoms with Crippen LogP contribution in [-0.4, -0.2) is 21.4 Å². The predicted octanol–water partition coefficient (Wildman–Crippen LogP) is 1.47. The van der Waals surface area contributed by atoms with Gasteiger partial charge < -0.3 is 4.57 Å². The summed E-state index contributed by atoms with van der Waals surface area (Å²) in [6.45, 7) is 0. The van der Waals surface area contributed by atoms with E-state index in [4.69, 9.17) is 0 Å². The van der Waals surface area contributed by atoms with Crippen LogP contribution >= 0.6 is 0 Å². The second-order valence-electron chi connectivity index (χ2n) is 5.19. The van der Waals surface area contributed by atoms with Crippen molar-refractivity contribution < 1.29 is 14.0 Å². The molecule has 1 aliphatic rings. The van der Waals surface area contributed by atoms with E-state index in [0.717, 1.165) is 5.69 Å². The average Bonchev–Trinajstić information content (AvgIpc) is 2.84. The molecule has 2 atom stereocenters. The number of imidazole rings is 1. The minimum absolute atomic E-state index is 0.173. The van der Waals surface area contributed by atoms with Gasteiger partial charge in [-0.2, -0.15) is 0 Å². The molecule has 1 saturated heterocycles. The van der Waals surface area contributed by atoms with E-state index in [2.05, 4.69) is 10.3 Å². The van der Waals surface area contributed by atoms with Gasteiger partial charge in [0.05, 0.1) is 12.2 Å². The second-order valence-corrected chi connectivity index (χ2v) is 5.19. The van der Waals surface area contributed by atoms with Crippen molar-refractivity contribution in [3.8, 4) is 0 Å². The molecule has 0 saturated carbocycles. The SMILES string of the molecule is Cn1cncc1C1CC(=O)NC(=O)C1c1cccc(F)c1. The maximum atomic E-state index is 13.5. The van der Waals surface area contributed by atoms with Crippen molar-refractivity contribution in [1.82, 2.24) is 14.9 Å². The van der Waals surface area contributed by atoms with Gasteiger partial charge in [0.15, 0.2) is 0 Å². The average molecular weight is 287 g/mol. The molecule has 0 radical (unpaired) electrons. The Bertz CT molecular complexity index is 710. The maximum absolute atomic E-state index is 13.5. The van der Waals surface area contributed by atoms with Crippen LogP contribution in [0.15, 0.2) is 36.8 Å². The maximum Gasteiger partial charge on any atom is 0.234 e.